The predicted molar refractivity (Wildman–Crippen MR) is 115 cm³/mol. The van der Waals surface area contributed by atoms with Crippen LogP contribution in [0.2, 0.25) is 0 Å². The van der Waals surface area contributed by atoms with E-state index in [2.05, 4.69) is 10.1 Å². The largest absolute Gasteiger partial charge is 0.494 e. The standard InChI is InChI=1S/C23H25NO7/c1-4-29-18-11-12-20(30-5-2)19(14-18)24-21(25)15-31-22(26)13-8-16-6-9-17(10-7-16)23(27)28-3/h6-14H,4-5,15H2,1-3H3,(H,24,25)/b13-8+. The zero-order valence-electron chi connectivity index (χ0n) is 17.7. The molecule has 0 saturated carbocycles. The van der Waals surface area contributed by atoms with Gasteiger partial charge in [-0.2, -0.15) is 0 Å². The summed E-state index contributed by atoms with van der Waals surface area (Å²) in [5.74, 6) is -0.570. The minimum Gasteiger partial charge on any atom is -0.494 e. The van der Waals surface area contributed by atoms with Crippen molar-refractivity contribution in [3.8, 4) is 11.5 Å². The van der Waals surface area contributed by atoms with E-state index < -0.39 is 24.5 Å². The van der Waals surface area contributed by atoms with Crippen LogP contribution in [0.25, 0.3) is 6.08 Å². The second-order valence-corrected chi connectivity index (χ2v) is 6.13. The molecule has 1 N–H and O–H groups in total. The first-order valence-corrected chi connectivity index (χ1v) is 9.69. The fourth-order valence-electron chi connectivity index (χ4n) is 2.53. The topological polar surface area (TPSA) is 100 Å². The molecule has 0 radical (unpaired) electrons. The number of carbonyl (C=O) groups excluding carboxylic acids is 3. The molecule has 0 spiro atoms. The Labute approximate surface area is 180 Å². The van der Waals surface area contributed by atoms with Gasteiger partial charge in [-0.1, -0.05) is 12.1 Å². The van der Waals surface area contributed by atoms with Crippen molar-refractivity contribution >= 4 is 29.6 Å². The normalized spacial score (nSPS) is 10.4. The minimum absolute atomic E-state index is 0.402. The number of anilines is 1. The van der Waals surface area contributed by atoms with Crippen molar-refractivity contribution in [3.63, 3.8) is 0 Å². The number of rotatable bonds is 10. The van der Waals surface area contributed by atoms with Crippen molar-refractivity contribution < 1.29 is 33.3 Å². The van der Waals surface area contributed by atoms with Gasteiger partial charge in [-0.15, -0.1) is 0 Å². The van der Waals surface area contributed by atoms with Gasteiger partial charge in [-0.05, 0) is 49.8 Å². The van der Waals surface area contributed by atoms with Crippen molar-refractivity contribution in [1.82, 2.24) is 0 Å². The van der Waals surface area contributed by atoms with Crippen LogP contribution in [0.4, 0.5) is 5.69 Å². The highest BCUT2D eigenvalue weighted by Gasteiger charge is 2.11. The van der Waals surface area contributed by atoms with Crippen LogP contribution < -0.4 is 14.8 Å². The van der Waals surface area contributed by atoms with E-state index in [0.29, 0.717) is 41.5 Å². The zero-order valence-corrected chi connectivity index (χ0v) is 17.7. The average Bonchev–Trinajstić information content (AvgIpc) is 2.78. The molecule has 0 unspecified atom stereocenters. The Morgan fingerprint density at radius 3 is 2.32 bits per heavy atom. The van der Waals surface area contributed by atoms with Gasteiger partial charge in [-0.3, -0.25) is 4.79 Å². The smallest absolute Gasteiger partial charge is 0.337 e. The summed E-state index contributed by atoms with van der Waals surface area (Å²) in [5, 5.41) is 2.66. The van der Waals surface area contributed by atoms with E-state index >= 15 is 0 Å². The molecule has 0 atom stereocenters. The lowest BCUT2D eigenvalue weighted by molar-refractivity contribution is -0.142. The summed E-state index contributed by atoms with van der Waals surface area (Å²) >= 11 is 0. The highest BCUT2D eigenvalue weighted by atomic mass is 16.5. The summed E-state index contributed by atoms with van der Waals surface area (Å²) in [6.07, 6.45) is 2.71. The maximum atomic E-state index is 12.2. The molecule has 8 heteroatoms. The van der Waals surface area contributed by atoms with Crippen molar-refractivity contribution in [2.24, 2.45) is 0 Å². The summed E-state index contributed by atoms with van der Waals surface area (Å²) in [4.78, 5) is 35.5. The van der Waals surface area contributed by atoms with Crippen LogP contribution in [-0.2, 0) is 19.1 Å². The van der Waals surface area contributed by atoms with Gasteiger partial charge in [0.25, 0.3) is 5.91 Å². The molecule has 0 bridgehead atoms. The molecule has 2 aromatic rings. The number of nitrogens with one attached hydrogen (secondary N) is 1. The van der Waals surface area contributed by atoms with Crippen LogP contribution in [0.15, 0.2) is 48.5 Å². The molecule has 0 heterocycles. The SMILES string of the molecule is CCOc1ccc(OCC)c(NC(=O)COC(=O)/C=C/c2ccc(C(=O)OC)cc2)c1. The van der Waals surface area contributed by atoms with Crippen LogP contribution in [0.3, 0.4) is 0 Å². The van der Waals surface area contributed by atoms with Crippen molar-refractivity contribution in [2.45, 2.75) is 13.8 Å². The molecule has 0 aromatic heterocycles. The van der Waals surface area contributed by atoms with Crippen LogP contribution in [0, 0.1) is 0 Å². The lowest BCUT2D eigenvalue weighted by atomic mass is 10.1. The Bertz CT molecular complexity index is 935. The zero-order chi connectivity index (χ0) is 22.6. The van der Waals surface area contributed by atoms with E-state index in [4.69, 9.17) is 14.2 Å². The number of hydrogen-bond acceptors (Lipinski definition) is 7. The van der Waals surface area contributed by atoms with Crippen LogP contribution >= 0.6 is 0 Å². The molecule has 2 aromatic carbocycles. The fourth-order valence-corrected chi connectivity index (χ4v) is 2.53. The van der Waals surface area contributed by atoms with Gasteiger partial charge in [0.1, 0.15) is 11.5 Å². The lowest BCUT2D eigenvalue weighted by Gasteiger charge is -2.13. The van der Waals surface area contributed by atoms with Crippen LogP contribution in [0.5, 0.6) is 11.5 Å². The molecule has 0 aliphatic heterocycles. The summed E-state index contributed by atoms with van der Waals surface area (Å²) in [7, 11) is 1.30. The van der Waals surface area contributed by atoms with Gasteiger partial charge in [0, 0.05) is 12.1 Å². The summed E-state index contributed by atoms with van der Waals surface area (Å²) in [5.41, 5.74) is 1.51. The Hall–Kier alpha value is -3.81. The molecule has 0 fully saturated rings. The van der Waals surface area contributed by atoms with E-state index in [0.717, 1.165) is 0 Å². The molecule has 2 rings (SSSR count). The molecule has 31 heavy (non-hydrogen) atoms. The number of hydrogen-bond donors (Lipinski definition) is 1. The van der Waals surface area contributed by atoms with Gasteiger partial charge in [0.05, 0.1) is 31.6 Å². The number of benzene rings is 2. The molecule has 1 amide bonds. The fraction of sp³-hybridized carbons (Fsp3) is 0.261. The average molecular weight is 427 g/mol. The van der Waals surface area contributed by atoms with E-state index in [1.165, 1.54) is 19.3 Å². The van der Waals surface area contributed by atoms with Gasteiger partial charge >= 0.3 is 11.9 Å². The summed E-state index contributed by atoms with van der Waals surface area (Å²) < 4.78 is 20.5. The van der Waals surface area contributed by atoms with E-state index in [1.54, 1.807) is 42.5 Å². The highest BCUT2D eigenvalue weighted by Crippen LogP contribution is 2.29. The first-order valence-electron chi connectivity index (χ1n) is 9.69. The Morgan fingerprint density at radius 1 is 0.968 bits per heavy atom. The highest BCUT2D eigenvalue weighted by molar-refractivity contribution is 5.96. The number of methoxy groups -OCH3 is 1. The molecule has 0 aliphatic rings. The maximum Gasteiger partial charge on any atom is 0.337 e. The molecule has 0 aliphatic carbocycles. The van der Waals surface area contributed by atoms with Crippen LogP contribution in [-0.4, -0.2) is 44.8 Å². The van der Waals surface area contributed by atoms with Gasteiger partial charge in [0.2, 0.25) is 0 Å². The number of ether oxygens (including phenoxy) is 4. The Kier molecular flexibility index (Phi) is 9.10. The summed E-state index contributed by atoms with van der Waals surface area (Å²) in [6.45, 7) is 4.14. The van der Waals surface area contributed by atoms with E-state index in [9.17, 15) is 14.4 Å². The molecular formula is C23H25NO7. The van der Waals surface area contributed by atoms with Gasteiger partial charge < -0.3 is 24.3 Å². The molecule has 8 nitrogen and oxygen atoms in total. The molecular weight excluding hydrogens is 402 g/mol. The Balaban J connectivity index is 1.90. The van der Waals surface area contributed by atoms with E-state index in [1.807, 2.05) is 13.8 Å². The minimum atomic E-state index is -0.680. The first kappa shape index (κ1) is 23.5. The lowest BCUT2D eigenvalue weighted by Crippen LogP contribution is -2.20. The number of amides is 1. The molecule has 0 saturated heterocycles. The second kappa shape index (κ2) is 12.0. The third-order valence-electron chi connectivity index (χ3n) is 3.93. The van der Waals surface area contributed by atoms with Gasteiger partial charge in [0.15, 0.2) is 6.61 Å². The van der Waals surface area contributed by atoms with Gasteiger partial charge in [-0.25, -0.2) is 9.59 Å². The van der Waals surface area contributed by atoms with Crippen LogP contribution in [0.1, 0.15) is 29.8 Å². The van der Waals surface area contributed by atoms with Crippen molar-refractivity contribution in [1.29, 1.82) is 0 Å². The maximum absolute atomic E-state index is 12.2. The first-order chi connectivity index (χ1) is 15.0. The van der Waals surface area contributed by atoms with Crippen molar-refractivity contribution in [2.75, 3.05) is 32.2 Å². The molecule has 164 valence electrons. The van der Waals surface area contributed by atoms with Crippen molar-refractivity contribution in [3.05, 3.63) is 59.7 Å². The third kappa shape index (κ3) is 7.50. The number of esters is 2. The third-order valence-corrected chi connectivity index (χ3v) is 3.93. The summed E-state index contributed by atoms with van der Waals surface area (Å²) in [6, 6.07) is 11.6. The monoisotopic (exact) mass is 427 g/mol. The number of carbonyl (C=O) groups is 3. The second-order valence-electron chi connectivity index (χ2n) is 6.13. The Morgan fingerprint density at radius 2 is 1.68 bits per heavy atom. The van der Waals surface area contributed by atoms with E-state index in [-0.39, 0.29) is 0 Å². The quantitative estimate of drug-likeness (QED) is 0.458. The predicted octanol–water partition coefficient (Wildman–Crippen LogP) is 3.47.